The Labute approximate surface area is 381 Å². The van der Waals surface area contributed by atoms with Gasteiger partial charge in [-0.05, 0) is 79.8 Å². The number of amides is 7. The maximum Gasteiger partial charge on any atom is 0.312 e. The minimum Gasteiger partial charge on any atom is -0.352 e. The highest BCUT2D eigenvalue weighted by molar-refractivity contribution is 7.98. The van der Waals surface area contributed by atoms with Crippen molar-refractivity contribution in [2.45, 2.75) is 136 Å². The zero-order chi connectivity index (χ0) is 48.1. The molecular formula is C47H77N9O6S. The summed E-state index contributed by atoms with van der Waals surface area (Å²) in [6.45, 7) is 22.0. The lowest BCUT2D eigenvalue weighted by atomic mass is 9.76. The Balaban J connectivity index is 0.00000178. The van der Waals surface area contributed by atoms with E-state index in [0.717, 1.165) is 35.3 Å². The molecule has 1 saturated carbocycles. The van der Waals surface area contributed by atoms with Crippen LogP contribution in [0, 0.1) is 11.3 Å². The van der Waals surface area contributed by atoms with Gasteiger partial charge in [-0.2, -0.15) is 0 Å². The maximum absolute atomic E-state index is 13.7. The molecule has 16 heteroatoms. The Bertz CT molecular complexity index is 1810. The highest BCUT2D eigenvalue weighted by Crippen LogP contribution is 2.45. The summed E-state index contributed by atoms with van der Waals surface area (Å²) in [6, 6.07) is 14.9. The van der Waals surface area contributed by atoms with Gasteiger partial charge in [0.1, 0.15) is 6.04 Å². The Morgan fingerprint density at radius 2 is 1.44 bits per heavy atom. The first kappa shape index (κ1) is 56.1. The molecule has 2 aromatic rings. The first-order valence-electron chi connectivity index (χ1n) is 21.8. The third-order valence-corrected chi connectivity index (χ3v) is 11.2. The summed E-state index contributed by atoms with van der Waals surface area (Å²) >= 11 is 1.17. The number of nitrogens with two attached hydrogens (primary N) is 2. The first-order chi connectivity index (χ1) is 29.4. The van der Waals surface area contributed by atoms with Crippen LogP contribution in [-0.2, 0) is 34.9 Å². The molecule has 63 heavy (non-hydrogen) atoms. The van der Waals surface area contributed by atoms with Crippen molar-refractivity contribution in [2.75, 3.05) is 33.7 Å². The molecule has 0 radical (unpaired) electrons. The number of nitrogens with zero attached hydrogens (tertiary/aromatic N) is 1. The van der Waals surface area contributed by atoms with Crippen molar-refractivity contribution in [3.8, 4) is 0 Å². The Hall–Kier alpha value is -4.93. The fourth-order valence-corrected chi connectivity index (χ4v) is 6.83. The fourth-order valence-electron chi connectivity index (χ4n) is 6.19. The maximum atomic E-state index is 13.7. The van der Waals surface area contributed by atoms with Gasteiger partial charge < -0.3 is 43.0 Å². The third-order valence-electron chi connectivity index (χ3n) is 10.4. The minimum atomic E-state index is -0.805. The van der Waals surface area contributed by atoms with Crippen LogP contribution in [0.4, 0.5) is 4.79 Å². The summed E-state index contributed by atoms with van der Waals surface area (Å²) in [4.78, 5) is 77.2. The summed E-state index contributed by atoms with van der Waals surface area (Å²) in [5.74, 6) is -1.50. The normalized spacial score (nSPS) is 14.5. The number of hydrogen-bond donors (Lipinski definition) is 8. The molecule has 0 aromatic heterocycles. The molecule has 3 atom stereocenters. The molecule has 352 valence electrons. The zero-order valence-corrected chi connectivity index (χ0v) is 40.8. The minimum absolute atomic E-state index is 0.0315. The van der Waals surface area contributed by atoms with E-state index < -0.39 is 40.5 Å². The van der Waals surface area contributed by atoms with Crippen molar-refractivity contribution in [1.29, 1.82) is 0 Å². The van der Waals surface area contributed by atoms with Crippen LogP contribution in [0.15, 0.2) is 71.1 Å². The number of hydrogen-bond acceptors (Lipinski definition) is 9. The van der Waals surface area contributed by atoms with Gasteiger partial charge in [-0.3, -0.25) is 28.7 Å². The molecule has 1 fully saturated rings. The summed E-state index contributed by atoms with van der Waals surface area (Å²) in [5, 5.41) is 14.2. The number of likely N-dealkylation sites (N-methyl/N-ethyl adjacent to an activating group) is 2. The van der Waals surface area contributed by atoms with Crippen LogP contribution in [0.1, 0.15) is 113 Å². The monoisotopic (exact) mass is 896 g/mol. The largest absolute Gasteiger partial charge is 0.352 e. The lowest BCUT2D eigenvalue weighted by Crippen LogP contribution is -2.60. The van der Waals surface area contributed by atoms with Gasteiger partial charge in [-0.25, -0.2) is 4.79 Å². The number of carbonyl (C=O) groups is 6. The van der Waals surface area contributed by atoms with Crippen molar-refractivity contribution < 1.29 is 28.8 Å². The molecule has 0 heterocycles. The molecule has 0 saturated heterocycles. The van der Waals surface area contributed by atoms with Crippen molar-refractivity contribution in [2.24, 2.45) is 22.8 Å². The van der Waals surface area contributed by atoms with E-state index in [9.17, 15) is 28.8 Å². The van der Waals surface area contributed by atoms with Crippen LogP contribution in [0.5, 0.6) is 0 Å². The molecule has 0 aliphatic heterocycles. The molecule has 2 aromatic carbocycles. The van der Waals surface area contributed by atoms with Gasteiger partial charge in [0, 0.05) is 36.0 Å². The van der Waals surface area contributed by atoms with E-state index in [1.54, 1.807) is 27.1 Å². The Kier molecular flexibility index (Phi) is 23.7. The molecule has 3 unspecified atom stereocenters. The summed E-state index contributed by atoms with van der Waals surface area (Å²) in [5.41, 5.74) is 11.4. The molecule has 1 aliphatic rings. The summed E-state index contributed by atoms with van der Waals surface area (Å²) in [7, 11) is 3.40. The molecule has 1 aliphatic carbocycles. The van der Waals surface area contributed by atoms with E-state index in [1.807, 2.05) is 110 Å². The number of rotatable bonds is 19. The third kappa shape index (κ3) is 18.8. The van der Waals surface area contributed by atoms with E-state index in [2.05, 4.69) is 45.2 Å². The second-order valence-electron chi connectivity index (χ2n) is 17.9. The van der Waals surface area contributed by atoms with Gasteiger partial charge in [-0.1, -0.05) is 124 Å². The molecule has 0 spiro atoms. The molecule has 7 amide bonds. The molecule has 10 N–H and O–H groups in total. The number of urea groups is 1. The molecule has 15 nitrogen and oxygen atoms in total. The van der Waals surface area contributed by atoms with Crippen LogP contribution >= 0.6 is 11.9 Å². The topological polar surface area (TPSA) is 230 Å². The fraction of sp³-hybridized carbons (Fsp3) is 0.574. The van der Waals surface area contributed by atoms with Crippen LogP contribution in [-0.4, -0.2) is 92.3 Å². The average Bonchev–Trinajstić information content (AvgIpc) is 4.02. The van der Waals surface area contributed by atoms with Gasteiger partial charge in [0.2, 0.25) is 23.6 Å². The van der Waals surface area contributed by atoms with E-state index in [4.69, 9.17) is 11.5 Å². The van der Waals surface area contributed by atoms with Gasteiger partial charge in [0.15, 0.2) is 0 Å². The second-order valence-corrected chi connectivity index (χ2v) is 18.8. The van der Waals surface area contributed by atoms with Crippen LogP contribution in [0.2, 0.25) is 0 Å². The zero-order valence-electron chi connectivity index (χ0n) is 40.0. The average molecular weight is 896 g/mol. The molecule has 3 rings (SSSR count). The number of primary amides is 1. The van der Waals surface area contributed by atoms with E-state index in [-0.39, 0.29) is 48.5 Å². The smallest absolute Gasteiger partial charge is 0.312 e. The van der Waals surface area contributed by atoms with E-state index in [0.29, 0.717) is 12.1 Å². The van der Waals surface area contributed by atoms with Crippen LogP contribution in [0.3, 0.4) is 0 Å². The Morgan fingerprint density at radius 1 is 0.873 bits per heavy atom. The number of benzene rings is 2. The van der Waals surface area contributed by atoms with Gasteiger partial charge in [0.25, 0.3) is 5.91 Å². The lowest BCUT2D eigenvalue weighted by Gasteiger charge is -2.38. The lowest BCUT2D eigenvalue weighted by molar-refractivity contribution is -0.139. The summed E-state index contributed by atoms with van der Waals surface area (Å²) < 4.78 is 2.84. The first-order valence-corrected chi connectivity index (χ1v) is 22.6. The number of carbonyl (C=O) groups excluding carboxylic acids is 6. The quantitative estimate of drug-likeness (QED) is 0.0700. The van der Waals surface area contributed by atoms with Crippen molar-refractivity contribution in [1.82, 2.24) is 36.2 Å². The van der Waals surface area contributed by atoms with Crippen molar-refractivity contribution >= 4 is 47.5 Å². The van der Waals surface area contributed by atoms with Gasteiger partial charge >= 0.3 is 6.03 Å². The Morgan fingerprint density at radius 3 is 1.90 bits per heavy atom. The molecular weight excluding hydrogens is 819 g/mol. The molecule has 0 bridgehead atoms. The van der Waals surface area contributed by atoms with Crippen molar-refractivity contribution in [3.05, 3.63) is 77.4 Å². The van der Waals surface area contributed by atoms with Crippen LogP contribution < -0.4 is 42.8 Å². The number of nitrogens with one attached hydrogen (secondary N) is 6. The van der Waals surface area contributed by atoms with E-state index >= 15 is 0 Å². The second kappa shape index (κ2) is 26.6. The van der Waals surface area contributed by atoms with Crippen LogP contribution in [0.25, 0.3) is 0 Å². The SMILES string of the molecule is CCC.CCCNC(N)=O.CNC(C(=O)NC(C(=O)N(C)C/C=C(\C)C(=O)NSc1ccc(C2(NC(=O)CNC(=O)C(N)C(C)C)CC2)cc1)C(C)(C)C)C(C)(C)c1ccccc1. The highest BCUT2D eigenvalue weighted by atomic mass is 32.2. The highest BCUT2D eigenvalue weighted by Gasteiger charge is 2.45. The predicted molar refractivity (Wildman–Crippen MR) is 254 cm³/mol. The van der Waals surface area contributed by atoms with Crippen molar-refractivity contribution in [3.63, 3.8) is 0 Å². The summed E-state index contributed by atoms with van der Waals surface area (Å²) in [6.07, 6.45) is 5.44. The van der Waals surface area contributed by atoms with E-state index in [1.165, 1.54) is 23.3 Å². The van der Waals surface area contributed by atoms with Gasteiger partial charge in [0.05, 0.1) is 24.2 Å². The predicted octanol–water partition coefficient (Wildman–Crippen LogP) is 5.00. The standard InChI is InChI=1S/C40H59N7O5S.C4H10N2O.C3H8/c1-25(2)31(41)35(50)43-24-30(48)45-40(21-22-40)28-16-18-29(19-17-28)53-46-34(49)26(3)20-23-47(10)37(52)33(38(4,5)6)44-36(51)32(42-9)39(7,8)27-14-12-11-13-15-27;1-2-3-6-4(5)7;1-3-2/h11-20,25,31-33,42H,21-24,41H2,1-10H3,(H,43,50)(H,44,51)(H,45,48)(H,46,49);2-3H2,1H3,(H3,5,6,7);3H2,1-2H3/b26-20+;;. The van der Waals surface area contributed by atoms with Gasteiger partial charge in [-0.15, -0.1) is 0 Å².